The molecule has 0 aliphatic heterocycles. The summed E-state index contributed by atoms with van der Waals surface area (Å²) in [4.78, 5) is 11.6. The molecule has 2 aromatic heterocycles. The van der Waals surface area contributed by atoms with Crippen LogP contribution in [0.1, 0.15) is 16.7 Å². The molecular weight excluding hydrogens is 186 g/mol. The molecule has 0 fully saturated rings. The van der Waals surface area contributed by atoms with Crippen molar-refractivity contribution in [1.82, 2.24) is 15.0 Å². The van der Waals surface area contributed by atoms with Gasteiger partial charge in [0, 0.05) is 29.5 Å². The Labute approximate surface area is 78.9 Å². The van der Waals surface area contributed by atoms with Crippen LogP contribution in [0.2, 0.25) is 0 Å². The summed E-state index contributed by atoms with van der Waals surface area (Å²) in [6, 6.07) is 0. The van der Waals surface area contributed by atoms with Gasteiger partial charge in [-0.3, -0.25) is 0 Å². The second-order valence-corrected chi connectivity index (χ2v) is 3.37. The third-order valence-electron chi connectivity index (χ3n) is 1.58. The number of aliphatic hydroxyl groups excluding tert-OH is 1. The van der Waals surface area contributed by atoms with Crippen molar-refractivity contribution in [3.05, 3.63) is 40.9 Å². The van der Waals surface area contributed by atoms with E-state index in [0.29, 0.717) is 10.6 Å². The fourth-order valence-corrected chi connectivity index (χ4v) is 1.61. The maximum atomic E-state index is 9.75. The predicted octanol–water partition coefficient (Wildman–Crippen LogP) is 1.01. The number of nitrogens with zero attached hydrogens (tertiary/aromatic N) is 3. The van der Waals surface area contributed by atoms with E-state index in [1.54, 1.807) is 18.6 Å². The van der Waals surface area contributed by atoms with E-state index in [-0.39, 0.29) is 0 Å². The van der Waals surface area contributed by atoms with Crippen molar-refractivity contribution in [2.24, 2.45) is 0 Å². The molecule has 5 heteroatoms. The highest BCUT2D eigenvalue weighted by atomic mass is 32.1. The fourth-order valence-electron chi connectivity index (χ4n) is 0.964. The average Bonchev–Trinajstić information content (AvgIpc) is 2.71. The Bertz CT molecular complexity index is 362. The molecule has 4 nitrogen and oxygen atoms in total. The summed E-state index contributed by atoms with van der Waals surface area (Å²) in [5.74, 6) is 0. The zero-order valence-electron chi connectivity index (χ0n) is 6.66. The summed E-state index contributed by atoms with van der Waals surface area (Å²) in [5, 5.41) is 12.2. The van der Waals surface area contributed by atoms with Crippen molar-refractivity contribution < 1.29 is 5.11 Å². The van der Waals surface area contributed by atoms with Crippen molar-refractivity contribution >= 4 is 11.3 Å². The highest BCUT2D eigenvalue weighted by Crippen LogP contribution is 2.21. The van der Waals surface area contributed by atoms with E-state index in [9.17, 15) is 5.11 Å². The number of aliphatic hydroxyl groups is 1. The lowest BCUT2D eigenvalue weighted by Crippen LogP contribution is -1.99. The Morgan fingerprint density at radius 2 is 2.08 bits per heavy atom. The lowest BCUT2D eigenvalue weighted by atomic mass is 10.2. The Balaban J connectivity index is 2.29. The standard InChI is InChI=1S/C8H7N3OS/c12-7(8-11-1-2-13-8)6-3-9-5-10-4-6/h1-5,7,12H. The minimum Gasteiger partial charge on any atom is -0.381 e. The van der Waals surface area contributed by atoms with Gasteiger partial charge < -0.3 is 5.11 Å². The largest absolute Gasteiger partial charge is 0.381 e. The van der Waals surface area contributed by atoms with Crippen LogP contribution < -0.4 is 0 Å². The van der Waals surface area contributed by atoms with Crippen LogP contribution in [-0.4, -0.2) is 20.1 Å². The van der Waals surface area contributed by atoms with Crippen LogP contribution in [-0.2, 0) is 0 Å². The Morgan fingerprint density at radius 1 is 1.31 bits per heavy atom. The second-order valence-electron chi connectivity index (χ2n) is 2.44. The normalized spacial score (nSPS) is 12.7. The topological polar surface area (TPSA) is 58.9 Å². The van der Waals surface area contributed by atoms with Crippen LogP contribution in [0, 0.1) is 0 Å². The monoisotopic (exact) mass is 193 g/mol. The molecule has 0 spiro atoms. The first kappa shape index (κ1) is 8.28. The van der Waals surface area contributed by atoms with Gasteiger partial charge in [0.05, 0.1) is 0 Å². The molecule has 1 unspecified atom stereocenters. The van der Waals surface area contributed by atoms with E-state index in [4.69, 9.17) is 0 Å². The quantitative estimate of drug-likeness (QED) is 0.773. The molecule has 2 aromatic rings. The van der Waals surface area contributed by atoms with Crippen molar-refractivity contribution in [2.75, 3.05) is 0 Å². The van der Waals surface area contributed by atoms with Gasteiger partial charge in [0.2, 0.25) is 0 Å². The van der Waals surface area contributed by atoms with Crippen LogP contribution in [0.3, 0.4) is 0 Å². The molecule has 2 rings (SSSR count). The second kappa shape index (κ2) is 3.59. The van der Waals surface area contributed by atoms with E-state index in [1.165, 1.54) is 17.7 Å². The summed E-state index contributed by atoms with van der Waals surface area (Å²) in [6.07, 6.45) is 5.55. The third-order valence-corrected chi connectivity index (χ3v) is 2.41. The summed E-state index contributed by atoms with van der Waals surface area (Å²) >= 11 is 1.41. The van der Waals surface area contributed by atoms with Crippen molar-refractivity contribution in [3.8, 4) is 0 Å². The van der Waals surface area contributed by atoms with Gasteiger partial charge in [0.1, 0.15) is 17.4 Å². The minimum absolute atomic E-state index is 0.662. The molecule has 1 N–H and O–H groups in total. The molecule has 0 aromatic carbocycles. The third kappa shape index (κ3) is 1.71. The van der Waals surface area contributed by atoms with Crippen LogP contribution >= 0.6 is 11.3 Å². The van der Waals surface area contributed by atoms with Crippen molar-refractivity contribution in [1.29, 1.82) is 0 Å². The van der Waals surface area contributed by atoms with Gasteiger partial charge in [-0.2, -0.15) is 0 Å². The van der Waals surface area contributed by atoms with Gasteiger partial charge in [-0.05, 0) is 0 Å². The SMILES string of the molecule is OC(c1cncnc1)c1nccs1. The average molecular weight is 193 g/mol. The number of hydrogen-bond donors (Lipinski definition) is 1. The van der Waals surface area contributed by atoms with Gasteiger partial charge in [-0.15, -0.1) is 11.3 Å². The van der Waals surface area contributed by atoms with E-state index < -0.39 is 6.10 Å². The predicted molar refractivity (Wildman–Crippen MR) is 48.2 cm³/mol. The molecule has 0 aliphatic carbocycles. The number of hydrogen-bond acceptors (Lipinski definition) is 5. The Morgan fingerprint density at radius 3 is 2.69 bits per heavy atom. The smallest absolute Gasteiger partial charge is 0.133 e. The van der Waals surface area contributed by atoms with E-state index in [1.807, 2.05) is 5.38 Å². The zero-order valence-corrected chi connectivity index (χ0v) is 7.48. The molecule has 2 heterocycles. The van der Waals surface area contributed by atoms with Gasteiger partial charge >= 0.3 is 0 Å². The van der Waals surface area contributed by atoms with Crippen LogP contribution in [0.25, 0.3) is 0 Å². The highest BCUT2D eigenvalue weighted by Gasteiger charge is 2.12. The van der Waals surface area contributed by atoms with Crippen LogP contribution in [0.5, 0.6) is 0 Å². The van der Waals surface area contributed by atoms with Crippen molar-refractivity contribution in [2.45, 2.75) is 6.10 Å². The van der Waals surface area contributed by atoms with Crippen molar-refractivity contribution in [3.63, 3.8) is 0 Å². The molecule has 0 amide bonds. The molecule has 1 atom stereocenters. The maximum absolute atomic E-state index is 9.75. The lowest BCUT2D eigenvalue weighted by molar-refractivity contribution is 0.219. The first-order valence-corrected chi connectivity index (χ1v) is 4.58. The summed E-state index contributed by atoms with van der Waals surface area (Å²) in [7, 11) is 0. The number of rotatable bonds is 2. The lowest BCUT2D eigenvalue weighted by Gasteiger charge is -2.04. The van der Waals surface area contributed by atoms with Crippen LogP contribution in [0.15, 0.2) is 30.3 Å². The highest BCUT2D eigenvalue weighted by molar-refractivity contribution is 7.09. The van der Waals surface area contributed by atoms with E-state index >= 15 is 0 Å². The molecule has 0 aliphatic rings. The maximum Gasteiger partial charge on any atom is 0.133 e. The minimum atomic E-state index is -0.707. The van der Waals surface area contributed by atoms with Gasteiger partial charge in [0.25, 0.3) is 0 Å². The molecule has 0 saturated heterocycles. The van der Waals surface area contributed by atoms with E-state index in [2.05, 4.69) is 15.0 Å². The van der Waals surface area contributed by atoms with E-state index in [0.717, 1.165) is 0 Å². The molecule has 0 radical (unpaired) electrons. The van der Waals surface area contributed by atoms with Gasteiger partial charge in [-0.1, -0.05) is 0 Å². The summed E-state index contributed by atoms with van der Waals surface area (Å²) in [5.41, 5.74) is 0.664. The van der Waals surface area contributed by atoms with Gasteiger partial charge in [-0.25, -0.2) is 15.0 Å². The summed E-state index contributed by atoms with van der Waals surface area (Å²) < 4.78 is 0. The molecule has 66 valence electrons. The molecule has 0 saturated carbocycles. The van der Waals surface area contributed by atoms with Gasteiger partial charge in [0.15, 0.2) is 0 Å². The molecule has 0 bridgehead atoms. The number of aromatic nitrogens is 3. The number of thiazole rings is 1. The first-order chi connectivity index (χ1) is 6.38. The zero-order chi connectivity index (χ0) is 9.10. The first-order valence-electron chi connectivity index (χ1n) is 3.70. The molecule has 13 heavy (non-hydrogen) atoms. The Hall–Kier alpha value is -1.33. The molecular formula is C8H7N3OS. The van der Waals surface area contributed by atoms with Crippen LogP contribution in [0.4, 0.5) is 0 Å². The Kier molecular flexibility index (Phi) is 2.29. The summed E-state index contributed by atoms with van der Waals surface area (Å²) in [6.45, 7) is 0. The fraction of sp³-hybridized carbons (Fsp3) is 0.125.